The second-order valence-corrected chi connectivity index (χ2v) is 8.27. The van der Waals surface area contributed by atoms with Gasteiger partial charge in [-0.1, -0.05) is 36.9 Å². The molecule has 2 aromatic carbocycles. The molecule has 0 saturated carbocycles. The van der Waals surface area contributed by atoms with Crippen molar-refractivity contribution in [3.05, 3.63) is 65.7 Å². The smallest absolute Gasteiger partial charge is 0.416 e. The molecule has 0 fully saturated rings. The molecule has 0 saturated heterocycles. The zero-order valence-electron chi connectivity index (χ0n) is 20.1. The summed E-state index contributed by atoms with van der Waals surface area (Å²) in [5.41, 5.74) is 1.91. The lowest BCUT2D eigenvalue weighted by molar-refractivity contribution is -0.140. The van der Waals surface area contributed by atoms with E-state index in [1.165, 1.54) is 37.3 Å². The summed E-state index contributed by atoms with van der Waals surface area (Å²) in [5.74, 6) is -0.229. The summed E-state index contributed by atoms with van der Waals surface area (Å²) in [6.07, 6.45) is -0.320. The van der Waals surface area contributed by atoms with Crippen LogP contribution >= 0.6 is 0 Å². The van der Waals surface area contributed by atoms with Crippen molar-refractivity contribution in [2.24, 2.45) is 0 Å². The third-order valence-electron chi connectivity index (χ3n) is 6.16. The monoisotopic (exact) mass is 496 g/mol. The number of benzene rings is 2. The van der Waals surface area contributed by atoms with Gasteiger partial charge in [-0.05, 0) is 23.6 Å². The first-order valence-electron chi connectivity index (χ1n) is 11.5. The molecule has 0 radical (unpaired) electrons. The molecular weight excluding hydrogens is 468 g/mol. The molecule has 2 aliphatic heterocycles. The lowest BCUT2D eigenvalue weighted by Gasteiger charge is -2.32. The van der Waals surface area contributed by atoms with Crippen molar-refractivity contribution in [1.82, 2.24) is 4.90 Å². The van der Waals surface area contributed by atoms with Crippen LogP contribution in [0.1, 0.15) is 40.4 Å². The second kappa shape index (κ2) is 10.7. The SMILES string of the molecule is C=CCOC(=O)N1c2cc(OCCCC(=O)OC)c(OC)cc2C(=O)N2Cc3ccccc3[C@H]2C1O. The molecular formula is C26H28N2O8. The fourth-order valence-corrected chi connectivity index (χ4v) is 4.47. The maximum atomic E-state index is 13.7. The van der Waals surface area contributed by atoms with Crippen molar-refractivity contribution in [2.45, 2.75) is 31.7 Å². The van der Waals surface area contributed by atoms with Crippen LogP contribution in [0.3, 0.4) is 0 Å². The first-order chi connectivity index (χ1) is 17.4. The number of amides is 2. The average Bonchev–Trinajstić information content (AvgIpc) is 3.25. The first-order valence-corrected chi connectivity index (χ1v) is 11.5. The molecule has 0 bridgehead atoms. The Labute approximate surface area is 208 Å². The molecule has 1 unspecified atom stereocenters. The molecule has 2 heterocycles. The third-order valence-corrected chi connectivity index (χ3v) is 6.16. The molecule has 2 atom stereocenters. The van der Waals surface area contributed by atoms with Crippen LogP contribution < -0.4 is 14.4 Å². The number of carbonyl (C=O) groups excluding carboxylic acids is 3. The summed E-state index contributed by atoms with van der Waals surface area (Å²) in [6, 6.07) is 9.55. The van der Waals surface area contributed by atoms with Gasteiger partial charge < -0.3 is 29.0 Å². The Morgan fingerprint density at radius 2 is 1.97 bits per heavy atom. The van der Waals surface area contributed by atoms with E-state index in [1.807, 2.05) is 24.3 Å². The van der Waals surface area contributed by atoms with Gasteiger partial charge in [-0.2, -0.15) is 0 Å². The second-order valence-electron chi connectivity index (χ2n) is 8.27. The summed E-state index contributed by atoms with van der Waals surface area (Å²) in [4.78, 5) is 40.9. The van der Waals surface area contributed by atoms with Crippen molar-refractivity contribution in [3.8, 4) is 11.5 Å². The van der Waals surface area contributed by atoms with Crippen LogP contribution in [0.15, 0.2) is 49.1 Å². The number of methoxy groups -OCH3 is 2. The van der Waals surface area contributed by atoms with Crippen LogP contribution in [0.5, 0.6) is 11.5 Å². The van der Waals surface area contributed by atoms with Gasteiger partial charge in [0.25, 0.3) is 5.91 Å². The van der Waals surface area contributed by atoms with Crippen LogP contribution in [0.25, 0.3) is 0 Å². The highest BCUT2D eigenvalue weighted by atomic mass is 16.6. The lowest BCUT2D eigenvalue weighted by atomic mass is 10.0. The van der Waals surface area contributed by atoms with E-state index in [4.69, 9.17) is 14.2 Å². The molecule has 2 aliphatic rings. The minimum absolute atomic E-state index is 0.0800. The van der Waals surface area contributed by atoms with E-state index >= 15 is 0 Å². The molecule has 1 N–H and O–H groups in total. The number of fused-ring (bicyclic) bond motifs is 4. The molecule has 0 aromatic heterocycles. The van der Waals surface area contributed by atoms with Gasteiger partial charge in [0.2, 0.25) is 0 Å². The highest BCUT2D eigenvalue weighted by Gasteiger charge is 2.47. The first kappa shape index (κ1) is 25.1. The Morgan fingerprint density at radius 3 is 2.69 bits per heavy atom. The molecule has 190 valence electrons. The Morgan fingerprint density at radius 1 is 1.19 bits per heavy atom. The minimum Gasteiger partial charge on any atom is -0.493 e. The van der Waals surface area contributed by atoms with Crippen LogP contribution in [0.4, 0.5) is 10.5 Å². The normalized spacial score (nSPS) is 17.9. The number of hydrogen-bond acceptors (Lipinski definition) is 8. The summed E-state index contributed by atoms with van der Waals surface area (Å²) in [5, 5.41) is 11.5. The Kier molecular flexibility index (Phi) is 7.44. The predicted molar refractivity (Wildman–Crippen MR) is 129 cm³/mol. The molecule has 0 spiro atoms. The molecule has 36 heavy (non-hydrogen) atoms. The molecule has 4 rings (SSSR count). The molecule has 10 nitrogen and oxygen atoms in total. The standard InChI is InChI=1S/C26H28N2O8/c1-4-11-36-26(32)28-19-14-21(35-12-7-10-22(29)34-3)20(33-2)13-18(19)24(30)27-15-16-8-5-6-9-17(16)23(27)25(28)31/h4-6,8-9,13-14,23,25,31H,1,7,10-12,15H2,2-3H3/t23-,25?/m0/s1. The van der Waals surface area contributed by atoms with Gasteiger partial charge in [-0.3, -0.25) is 9.59 Å². The fourth-order valence-electron chi connectivity index (χ4n) is 4.47. The van der Waals surface area contributed by atoms with Crippen molar-refractivity contribution < 1.29 is 38.4 Å². The van der Waals surface area contributed by atoms with E-state index in [0.717, 1.165) is 16.0 Å². The molecule has 0 aliphatic carbocycles. The van der Waals surface area contributed by atoms with Gasteiger partial charge >= 0.3 is 12.1 Å². The van der Waals surface area contributed by atoms with Crippen molar-refractivity contribution >= 4 is 23.7 Å². The number of carbonyl (C=O) groups is 3. The van der Waals surface area contributed by atoms with Gasteiger partial charge in [0.1, 0.15) is 12.6 Å². The van der Waals surface area contributed by atoms with Gasteiger partial charge in [0.05, 0.1) is 32.1 Å². The van der Waals surface area contributed by atoms with E-state index < -0.39 is 18.4 Å². The van der Waals surface area contributed by atoms with Crippen LogP contribution in [-0.4, -0.2) is 61.6 Å². The summed E-state index contributed by atoms with van der Waals surface area (Å²) < 4.78 is 21.2. The number of rotatable bonds is 8. The van der Waals surface area contributed by atoms with Crippen molar-refractivity contribution in [2.75, 3.05) is 32.3 Å². The zero-order chi connectivity index (χ0) is 25.8. The fraction of sp³-hybridized carbons (Fsp3) is 0.346. The van der Waals surface area contributed by atoms with Gasteiger partial charge in [-0.25, -0.2) is 9.69 Å². The van der Waals surface area contributed by atoms with E-state index in [-0.39, 0.29) is 60.8 Å². The zero-order valence-corrected chi connectivity index (χ0v) is 20.1. The van der Waals surface area contributed by atoms with E-state index in [0.29, 0.717) is 6.42 Å². The van der Waals surface area contributed by atoms with Gasteiger partial charge in [0, 0.05) is 19.0 Å². The van der Waals surface area contributed by atoms with Crippen LogP contribution in [-0.2, 0) is 20.8 Å². The summed E-state index contributed by atoms with van der Waals surface area (Å²) in [7, 11) is 2.74. The molecule has 2 amide bonds. The van der Waals surface area contributed by atoms with E-state index in [1.54, 1.807) is 0 Å². The van der Waals surface area contributed by atoms with Crippen molar-refractivity contribution in [1.29, 1.82) is 0 Å². The number of hydrogen-bond donors (Lipinski definition) is 1. The summed E-state index contributed by atoms with van der Waals surface area (Å²) in [6.45, 7) is 3.92. The molecule has 2 aromatic rings. The highest BCUT2D eigenvalue weighted by Crippen LogP contribution is 2.46. The largest absolute Gasteiger partial charge is 0.493 e. The molecule has 10 heteroatoms. The highest BCUT2D eigenvalue weighted by molar-refractivity contribution is 6.06. The maximum Gasteiger partial charge on any atom is 0.416 e. The third kappa shape index (κ3) is 4.59. The maximum absolute atomic E-state index is 13.7. The number of anilines is 1. The Hall–Kier alpha value is -4.05. The van der Waals surface area contributed by atoms with Crippen LogP contribution in [0.2, 0.25) is 0 Å². The van der Waals surface area contributed by atoms with Crippen molar-refractivity contribution in [3.63, 3.8) is 0 Å². The Balaban J connectivity index is 1.76. The van der Waals surface area contributed by atoms with Gasteiger partial charge in [0.15, 0.2) is 17.7 Å². The van der Waals surface area contributed by atoms with Gasteiger partial charge in [-0.15, -0.1) is 0 Å². The average molecular weight is 497 g/mol. The lowest BCUT2D eigenvalue weighted by Crippen LogP contribution is -2.46. The van der Waals surface area contributed by atoms with E-state index in [9.17, 15) is 19.5 Å². The summed E-state index contributed by atoms with van der Waals surface area (Å²) >= 11 is 0. The number of nitrogens with zero attached hydrogens (tertiary/aromatic N) is 2. The number of esters is 1. The van der Waals surface area contributed by atoms with Crippen LogP contribution in [0, 0.1) is 0 Å². The predicted octanol–water partition coefficient (Wildman–Crippen LogP) is 3.19. The number of aliphatic hydroxyl groups excluding tert-OH is 1. The number of aliphatic hydroxyl groups is 1. The van der Waals surface area contributed by atoms with E-state index in [2.05, 4.69) is 11.3 Å². The minimum atomic E-state index is -1.43. The Bertz CT molecular complexity index is 1180. The number of ether oxygens (including phenoxy) is 4. The quantitative estimate of drug-likeness (QED) is 0.337. The topological polar surface area (TPSA) is 115 Å².